The summed E-state index contributed by atoms with van der Waals surface area (Å²) in [6, 6.07) is 38.5. The van der Waals surface area contributed by atoms with Gasteiger partial charge in [0.25, 0.3) is 0 Å². The third kappa shape index (κ3) is 3.79. The minimum Gasteiger partial charge on any atom is -0.455 e. The van der Waals surface area contributed by atoms with E-state index in [1.807, 2.05) is 6.20 Å². The van der Waals surface area contributed by atoms with Crippen molar-refractivity contribution < 1.29 is 4.42 Å². The van der Waals surface area contributed by atoms with E-state index in [-0.39, 0.29) is 11.3 Å². The van der Waals surface area contributed by atoms with E-state index >= 15 is 0 Å². The molecule has 0 bridgehead atoms. The summed E-state index contributed by atoms with van der Waals surface area (Å²) in [5, 5.41) is 2.25. The summed E-state index contributed by atoms with van der Waals surface area (Å²) in [5.41, 5.74) is 8.69. The number of hydrogen-bond donors (Lipinski definition) is 0. The molecule has 36 heavy (non-hydrogen) atoms. The van der Waals surface area contributed by atoms with Crippen LogP contribution in [0, 0.1) is 0 Å². The van der Waals surface area contributed by atoms with Gasteiger partial charge in [-0.3, -0.25) is 4.98 Å². The first-order valence-corrected chi connectivity index (χ1v) is 12.5. The molecule has 2 heteroatoms. The number of aromatic nitrogens is 1. The van der Waals surface area contributed by atoms with Crippen molar-refractivity contribution in [3.8, 4) is 11.3 Å². The van der Waals surface area contributed by atoms with Crippen LogP contribution in [0.5, 0.6) is 0 Å². The number of fused-ring (bicyclic) bond motifs is 3. The number of para-hydroxylation sites is 1. The Kier molecular flexibility index (Phi) is 5.45. The zero-order valence-corrected chi connectivity index (χ0v) is 20.9. The Bertz CT molecular complexity index is 1660. The Labute approximate surface area is 212 Å². The second-order valence-electron chi connectivity index (χ2n) is 10.1. The maximum absolute atomic E-state index is 6.55. The minimum absolute atomic E-state index is 0.124. The van der Waals surface area contributed by atoms with Gasteiger partial charge in [0, 0.05) is 33.9 Å². The van der Waals surface area contributed by atoms with Gasteiger partial charge < -0.3 is 4.42 Å². The number of rotatable bonds is 5. The largest absolute Gasteiger partial charge is 0.455 e. The van der Waals surface area contributed by atoms with Crippen LogP contribution in [0.25, 0.3) is 33.2 Å². The van der Waals surface area contributed by atoms with Gasteiger partial charge in [0.2, 0.25) is 0 Å². The topological polar surface area (TPSA) is 26.0 Å². The third-order valence-electron chi connectivity index (χ3n) is 7.58. The van der Waals surface area contributed by atoms with Crippen LogP contribution in [0.2, 0.25) is 0 Å². The molecule has 0 spiro atoms. The molecule has 2 aromatic heterocycles. The van der Waals surface area contributed by atoms with Crippen LogP contribution >= 0.6 is 0 Å². The van der Waals surface area contributed by atoms with Gasteiger partial charge in [-0.05, 0) is 46.5 Å². The molecule has 6 rings (SSSR count). The molecule has 2 heterocycles. The van der Waals surface area contributed by atoms with E-state index in [2.05, 4.69) is 130 Å². The van der Waals surface area contributed by atoms with Crippen LogP contribution in [0.15, 0.2) is 120 Å². The Balaban J connectivity index is 1.45. The molecule has 1 atom stereocenters. The minimum atomic E-state index is -0.124. The fourth-order valence-electron chi connectivity index (χ4n) is 5.21. The molecule has 0 aliphatic heterocycles. The molecule has 0 aliphatic carbocycles. The van der Waals surface area contributed by atoms with Crippen molar-refractivity contribution in [2.45, 2.75) is 32.1 Å². The van der Waals surface area contributed by atoms with Crippen molar-refractivity contribution in [2.24, 2.45) is 0 Å². The van der Waals surface area contributed by atoms with Gasteiger partial charge >= 0.3 is 0 Å². The lowest BCUT2D eigenvalue weighted by molar-refractivity contribution is 0.633. The van der Waals surface area contributed by atoms with Crippen LogP contribution in [-0.4, -0.2) is 4.98 Å². The lowest BCUT2D eigenvalue weighted by Crippen LogP contribution is -2.18. The average Bonchev–Trinajstić information content (AvgIpc) is 3.32. The second-order valence-corrected chi connectivity index (χ2v) is 10.1. The molecule has 2 nitrogen and oxygen atoms in total. The van der Waals surface area contributed by atoms with Gasteiger partial charge in [-0.15, -0.1) is 0 Å². The van der Waals surface area contributed by atoms with E-state index < -0.39 is 0 Å². The Hall–Kier alpha value is -4.17. The Morgan fingerprint density at radius 1 is 0.667 bits per heavy atom. The summed E-state index contributed by atoms with van der Waals surface area (Å²) in [7, 11) is 0. The number of nitrogens with zero attached hydrogens (tertiary/aromatic N) is 1. The lowest BCUT2D eigenvalue weighted by atomic mass is 9.78. The highest BCUT2D eigenvalue weighted by atomic mass is 16.3. The van der Waals surface area contributed by atoms with Crippen LogP contribution in [0.4, 0.5) is 0 Å². The molecule has 4 aromatic carbocycles. The molecule has 0 aliphatic rings. The van der Waals surface area contributed by atoms with Gasteiger partial charge in [-0.25, -0.2) is 0 Å². The number of furan rings is 1. The van der Waals surface area contributed by atoms with Gasteiger partial charge in [0.15, 0.2) is 0 Å². The van der Waals surface area contributed by atoms with E-state index in [1.54, 1.807) is 0 Å². The number of pyridine rings is 1. The van der Waals surface area contributed by atoms with Crippen molar-refractivity contribution in [3.05, 3.63) is 138 Å². The predicted molar refractivity (Wildman–Crippen MR) is 149 cm³/mol. The monoisotopic (exact) mass is 467 g/mol. The Morgan fingerprint density at radius 3 is 2.19 bits per heavy atom. The van der Waals surface area contributed by atoms with Crippen molar-refractivity contribution >= 4 is 21.9 Å². The van der Waals surface area contributed by atoms with Gasteiger partial charge in [-0.1, -0.05) is 106 Å². The van der Waals surface area contributed by atoms with E-state index in [4.69, 9.17) is 9.40 Å². The Morgan fingerprint density at radius 2 is 1.42 bits per heavy atom. The van der Waals surface area contributed by atoms with Crippen molar-refractivity contribution in [1.82, 2.24) is 4.98 Å². The third-order valence-corrected chi connectivity index (χ3v) is 7.58. The summed E-state index contributed by atoms with van der Waals surface area (Å²) in [6.45, 7) is 6.77. The average molecular weight is 468 g/mol. The fourth-order valence-corrected chi connectivity index (χ4v) is 5.21. The van der Waals surface area contributed by atoms with E-state index in [1.165, 1.54) is 22.3 Å². The number of hydrogen-bond acceptors (Lipinski definition) is 2. The quantitative estimate of drug-likeness (QED) is 0.253. The first kappa shape index (κ1) is 22.3. The van der Waals surface area contributed by atoms with Crippen molar-refractivity contribution in [3.63, 3.8) is 0 Å². The first-order valence-electron chi connectivity index (χ1n) is 12.5. The van der Waals surface area contributed by atoms with Gasteiger partial charge in [0.05, 0.1) is 5.69 Å². The van der Waals surface area contributed by atoms with Crippen LogP contribution < -0.4 is 0 Å². The number of benzene rings is 4. The fraction of sp³-hybridized carbons (Fsp3) is 0.147. The molecular formula is C34H29NO. The zero-order valence-electron chi connectivity index (χ0n) is 20.9. The summed E-state index contributed by atoms with van der Waals surface area (Å²) < 4.78 is 6.55. The molecule has 0 fully saturated rings. The van der Waals surface area contributed by atoms with Crippen LogP contribution in [-0.2, 0) is 5.41 Å². The highest BCUT2D eigenvalue weighted by molar-refractivity contribution is 6.09. The van der Waals surface area contributed by atoms with Gasteiger partial charge in [0.1, 0.15) is 11.2 Å². The maximum atomic E-state index is 6.55. The van der Waals surface area contributed by atoms with E-state index in [9.17, 15) is 0 Å². The molecule has 176 valence electrons. The SMILES string of the molecule is CC(c1ccccc1)c1ccnc(-c2cccc3c2oc2cc(C(C)(C)c4ccccc4)ccc23)c1. The highest BCUT2D eigenvalue weighted by Crippen LogP contribution is 2.39. The summed E-state index contributed by atoms with van der Waals surface area (Å²) in [6.07, 6.45) is 1.91. The molecule has 0 N–H and O–H groups in total. The first-order chi connectivity index (χ1) is 17.5. The molecule has 0 saturated carbocycles. The standard InChI is InChI=1S/C34H29NO/c1-23(24-11-6-4-7-12-24)25-19-20-35-31(21-25)30-16-10-15-29-28-18-17-27(22-32(28)36-33(29)30)34(2,3)26-13-8-5-9-14-26/h4-23H,1-3H3. The van der Waals surface area contributed by atoms with Crippen LogP contribution in [0.1, 0.15) is 48.9 Å². The molecule has 0 radical (unpaired) electrons. The molecule has 6 aromatic rings. The smallest absolute Gasteiger partial charge is 0.144 e. The van der Waals surface area contributed by atoms with Crippen molar-refractivity contribution in [2.75, 3.05) is 0 Å². The van der Waals surface area contributed by atoms with Crippen LogP contribution in [0.3, 0.4) is 0 Å². The highest BCUT2D eigenvalue weighted by Gasteiger charge is 2.24. The summed E-state index contributed by atoms with van der Waals surface area (Å²) in [4.78, 5) is 4.74. The van der Waals surface area contributed by atoms with Crippen molar-refractivity contribution in [1.29, 1.82) is 0 Å². The normalized spacial score (nSPS) is 12.8. The van der Waals surface area contributed by atoms with E-state index in [0.29, 0.717) is 0 Å². The molecule has 0 saturated heterocycles. The van der Waals surface area contributed by atoms with Gasteiger partial charge in [-0.2, -0.15) is 0 Å². The lowest BCUT2D eigenvalue weighted by Gasteiger charge is -2.26. The molecular weight excluding hydrogens is 438 g/mol. The summed E-state index contributed by atoms with van der Waals surface area (Å²) in [5.74, 6) is 0.283. The molecule has 1 unspecified atom stereocenters. The van der Waals surface area contributed by atoms with E-state index in [0.717, 1.165) is 33.2 Å². The zero-order chi connectivity index (χ0) is 24.7. The maximum Gasteiger partial charge on any atom is 0.144 e. The predicted octanol–water partition coefficient (Wildman–Crippen LogP) is 9.13. The second kappa shape index (κ2) is 8.80. The molecule has 0 amide bonds. The summed E-state index contributed by atoms with van der Waals surface area (Å²) >= 11 is 0.